The van der Waals surface area contributed by atoms with Crippen LogP contribution in [0, 0.1) is 0 Å². The SMILES string of the molecule is COCC(N)C(=O)N1C(C)COCC1C.Cl. The smallest absolute Gasteiger partial charge is 0.242 e. The van der Waals surface area contributed by atoms with Crippen molar-refractivity contribution in [1.29, 1.82) is 0 Å². The van der Waals surface area contributed by atoms with E-state index in [0.29, 0.717) is 13.2 Å². The Morgan fingerprint density at radius 2 is 2.00 bits per heavy atom. The third-order valence-corrected chi connectivity index (χ3v) is 2.59. The lowest BCUT2D eigenvalue weighted by Gasteiger charge is -2.40. The second-order valence-electron chi connectivity index (χ2n) is 4.04. The summed E-state index contributed by atoms with van der Waals surface area (Å²) < 4.78 is 10.2. The molecule has 96 valence electrons. The minimum atomic E-state index is -0.571. The van der Waals surface area contributed by atoms with Crippen molar-refractivity contribution >= 4 is 18.3 Å². The van der Waals surface area contributed by atoms with Gasteiger partial charge < -0.3 is 20.1 Å². The standard InChI is InChI=1S/C10H20N2O3.ClH/c1-7-4-15-5-8(2)12(7)10(13)9(11)6-14-3;/h7-9H,4-6,11H2,1-3H3;1H. The van der Waals surface area contributed by atoms with Gasteiger partial charge >= 0.3 is 0 Å². The molecule has 0 aromatic rings. The predicted molar refractivity (Wildman–Crippen MR) is 63.7 cm³/mol. The van der Waals surface area contributed by atoms with E-state index in [2.05, 4.69) is 0 Å². The first-order valence-corrected chi connectivity index (χ1v) is 5.22. The summed E-state index contributed by atoms with van der Waals surface area (Å²) in [4.78, 5) is 13.8. The maximum absolute atomic E-state index is 12.0. The van der Waals surface area contributed by atoms with Crippen LogP contribution in [0.2, 0.25) is 0 Å². The molecule has 1 rings (SSSR count). The Morgan fingerprint density at radius 3 is 2.44 bits per heavy atom. The molecule has 1 aliphatic rings. The number of halogens is 1. The predicted octanol–water partition coefficient (Wildman–Crippen LogP) is 0.0177. The summed E-state index contributed by atoms with van der Waals surface area (Å²) in [6.45, 7) is 5.35. The van der Waals surface area contributed by atoms with E-state index in [1.165, 1.54) is 0 Å². The van der Waals surface area contributed by atoms with Crippen LogP contribution in [0.5, 0.6) is 0 Å². The third-order valence-electron chi connectivity index (χ3n) is 2.59. The summed E-state index contributed by atoms with van der Waals surface area (Å²) in [7, 11) is 1.54. The molecule has 6 heteroatoms. The Kier molecular flexibility index (Phi) is 6.90. The van der Waals surface area contributed by atoms with Crippen molar-refractivity contribution < 1.29 is 14.3 Å². The van der Waals surface area contributed by atoms with Crippen molar-refractivity contribution in [2.45, 2.75) is 32.0 Å². The fourth-order valence-corrected chi connectivity index (χ4v) is 1.88. The Labute approximate surface area is 103 Å². The van der Waals surface area contributed by atoms with Gasteiger partial charge in [-0.05, 0) is 13.8 Å². The fraction of sp³-hybridized carbons (Fsp3) is 0.900. The normalized spacial score (nSPS) is 27.1. The Hall–Kier alpha value is -0.360. The molecule has 1 amide bonds. The molecule has 0 aliphatic carbocycles. The number of nitrogens with zero attached hydrogens (tertiary/aromatic N) is 1. The number of hydrogen-bond donors (Lipinski definition) is 1. The van der Waals surface area contributed by atoms with Crippen molar-refractivity contribution in [1.82, 2.24) is 4.90 Å². The molecule has 16 heavy (non-hydrogen) atoms. The molecular weight excluding hydrogens is 232 g/mol. The van der Waals surface area contributed by atoms with E-state index in [1.807, 2.05) is 13.8 Å². The Balaban J connectivity index is 0.00000225. The van der Waals surface area contributed by atoms with Gasteiger partial charge in [0.1, 0.15) is 6.04 Å². The van der Waals surface area contributed by atoms with Gasteiger partial charge in [0.15, 0.2) is 0 Å². The molecule has 0 saturated carbocycles. The number of carbonyl (C=O) groups is 1. The van der Waals surface area contributed by atoms with E-state index in [9.17, 15) is 4.79 Å². The minimum absolute atomic E-state index is 0. The van der Waals surface area contributed by atoms with Crippen molar-refractivity contribution in [2.75, 3.05) is 26.9 Å². The summed E-state index contributed by atoms with van der Waals surface area (Å²) in [6, 6.07) is -0.397. The Bertz CT molecular complexity index is 218. The van der Waals surface area contributed by atoms with Crippen LogP contribution in [0.4, 0.5) is 0 Å². The van der Waals surface area contributed by atoms with Gasteiger partial charge in [0, 0.05) is 7.11 Å². The maximum Gasteiger partial charge on any atom is 0.242 e. The quantitative estimate of drug-likeness (QED) is 0.769. The topological polar surface area (TPSA) is 64.8 Å². The average molecular weight is 253 g/mol. The van der Waals surface area contributed by atoms with Crippen LogP contribution in [0.25, 0.3) is 0 Å². The number of ether oxygens (including phenoxy) is 2. The molecule has 3 atom stereocenters. The lowest BCUT2D eigenvalue weighted by molar-refractivity contribution is -0.146. The third kappa shape index (κ3) is 3.59. The van der Waals surface area contributed by atoms with Crippen LogP contribution in [-0.4, -0.2) is 55.9 Å². The summed E-state index contributed by atoms with van der Waals surface area (Å²) in [5, 5.41) is 0. The van der Waals surface area contributed by atoms with Crippen LogP contribution in [0.3, 0.4) is 0 Å². The van der Waals surface area contributed by atoms with Gasteiger partial charge in [-0.15, -0.1) is 12.4 Å². The first kappa shape index (κ1) is 15.6. The fourth-order valence-electron chi connectivity index (χ4n) is 1.88. The second kappa shape index (κ2) is 7.06. The van der Waals surface area contributed by atoms with Gasteiger partial charge in [-0.1, -0.05) is 0 Å². The molecule has 0 spiro atoms. The number of nitrogens with two attached hydrogens (primary N) is 1. The number of amides is 1. The van der Waals surface area contributed by atoms with Gasteiger partial charge in [0.05, 0.1) is 31.9 Å². The molecule has 1 heterocycles. The molecular formula is C10H21ClN2O3. The first-order valence-electron chi connectivity index (χ1n) is 5.22. The van der Waals surface area contributed by atoms with Gasteiger partial charge in [-0.25, -0.2) is 0 Å². The van der Waals surface area contributed by atoms with Crippen molar-refractivity contribution in [3.05, 3.63) is 0 Å². The molecule has 0 aromatic carbocycles. The largest absolute Gasteiger partial charge is 0.383 e. The van der Waals surface area contributed by atoms with E-state index in [0.717, 1.165) is 0 Å². The van der Waals surface area contributed by atoms with Crippen LogP contribution in [-0.2, 0) is 14.3 Å². The molecule has 0 aromatic heterocycles. The molecule has 3 unspecified atom stereocenters. The Morgan fingerprint density at radius 1 is 1.50 bits per heavy atom. The van der Waals surface area contributed by atoms with Gasteiger partial charge in [-0.2, -0.15) is 0 Å². The number of carbonyl (C=O) groups excluding carboxylic acids is 1. The second-order valence-corrected chi connectivity index (χ2v) is 4.04. The average Bonchev–Trinajstić information content (AvgIpc) is 2.17. The summed E-state index contributed by atoms with van der Waals surface area (Å²) in [5.74, 6) is -0.0554. The highest BCUT2D eigenvalue weighted by molar-refractivity contribution is 5.85. The molecule has 1 fully saturated rings. The van der Waals surface area contributed by atoms with Gasteiger partial charge in [-0.3, -0.25) is 4.79 Å². The number of rotatable bonds is 3. The van der Waals surface area contributed by atoms with Gasteiger partial charge in [0.2, 0.25) is 5.91 Å². The zero-order chi connectivity index (χ0) is 11.4. The highest BCUT2D eigenvalue weighted by Gasteiger charge is 2.32. The number of methoxy groups -OCH3 is 1. The molecule has 2 N–H and O–H groups in total. The van der Waals surface area contributed by atoms with E-state index in [4.69, 9.17) is 15.2 Å². The summed E-state index contributed by atoms with van der Waals surface area (Å²) >= 11 is 0. The van der Waals surface area contributed by atoms with Crippen LogP contribution in [0.1, 0.15) is 13.8 Å². The number of hydrogen-bond acceptors (Lipinski definition) is 4. The zero-order valence-corrected chi connectivity index (χ0v) is 10.8. The molecule has 0 radical (unpaired) electrons. The van der Waals surface area contributed by atoms with Crippen molar-refractivity contribution in [2.24, 2.45) is 5.73 Å². The zero-order valence-electron chi connectivity index (χ0n) is 10.0. The minimum Gasteiger partial charge on any atom is -0.383 e. The van der Waals surface area contributed by atoms with Crippen molar-refractivity contribution in [3.8, 4) is 0 Å². The van der Waals surface area contributed by atoms with E-state index in [-0.39, 0.29) is 37.0 Å². The molecule has 5 nitrogen and oxygen atoms in total. The lowest BCUT2D eigenvalue weighted by Crippen LogP contribution is -2.57. The van der Waals surface area contributed by atoms with Crippen LogP contribution < -0.4 is 5.73 Å². The maximum atomic E-state index is 12.0. The monoisotopic (exact) mass is 252 g/mol. The van der Waals surface area contributed by atoms with Gasteiger partial charge in [0.25, 0.3) is 0 Å². The van der Waals surface area contributed by atoms with Crippen LogP contribution in [0.15, 0.2) is 0 Å². The summed E-state index contributed by atoms with van der Waals surface area (Å²) in [5.41, 5.74) is 5.73. The van der Waals surface area contributed by atoms with Crippen molar-refractivity contribution in [3.63, 3.8) is 0 Å². The summed E-state index contributed by atoms with van der Waals surface area (Å²) in [6.07, 6.45) is 0. The van der Waals surface area contributed by atoms with E-state index in [1.54, 1.807) is 12.0 Å². The highest BCUT2D eigenvalue weighted by Crippen LogP contribution is 2.14. The molecule has 1 saturated heterocycles. The highest BCUT2D eigenvalue weighted by atomic mass is 35.5. The lowest BCUT2D eigenvalue weighted by atomic mass is 10.1. The first-order chi connectivity index (χ1) is 7.07. The van der Waals surface area contributed by atoms with E-state index >= 15 is 0 Å². The molecule has 1 aliphatic heterocycles. The van der Waals surface area contributed by atoms with Crippen LogP contribution >= 0.6 is 12.4 Å². The number of morpholine rings is 1. The molecule has 0 bridgehead atoms. The van der Waals surface area contributed by atoms with E-state index < -0.39 is 6.04 Å².